The number of hydrogen-bond acceptors (Lipinski definition) is 3. The van der Waals surface area contributed by atoms with Gasteiger partial charge in [0, 0.05) is 11.4 Å². The standard InChI is InChI=1S/C15H15N3/c1-11-6-7-13(9-16)8-15(11)17-10-14-5-3-4-12(2)18-14/h3-8,17H,10H2,1-2H3. The second-order valence-electron chi connectivity index (χ2n) is 4.27. The lowest BCUT2D eigenvalue weighted by atomic mass is 10.1. The highest BCUT2D eigenvalue weighted by Gasteiger charge is 2.01. The van der Waals surface area contributed by atoms with Crippen molar-refractivity contribution >= 4 is 5.69 Å². The third-order valence-electron chi connectivity index (χ3n) is 2.77. The fraction of sp³-hybridized carbons (Fsp3) is 0.200. The van der Waals surface area contributed by atoms with Crippen LogP contribution in [0, 0.1) is 25.2 Å². The van der Waals surface area contributed by atoms with Crippen LogP contribution in [0.5, 0.6) is 0 Å². The van der Waals surface area contributed by atoms with Crippen LogP contribution in [-0.2, 0) is 6.54 Å². The molecule has 0 saturated heterocycles. The first-order valence-electron chi connectivity index (χ1n) is 5.86. The lowest BCUT2D eigenvalue weighted by molar-refractivity contribution is 1.01. The second-order valence-corrected chi connectivity index (χ2v) is 4.27. The van der Waals surface area contributed by atoms with Gasteiger partial charge in [0.2, 0.25) is 0 Å². The second kappa shape index (κ2) is 5.33. The minimum absolute atomic E-state index is 0.664. The van der Waals surface area contributed by atoms with E-state index < -0.39 is 0 Å². The molecule has 1 aromatic heterocycles. The van der Waals surface area contributed by atoms with Crippen LogP contribution in [0.2, 0.25) is 0 Å². The molecule has 2 aromatic rings. The van der Waals surface area contributed by atoms with Crippen LogP contribution in [0.1, 0.15) is 22.5 Å². The van der Waals surface area contributed by atoms with Crippen molar-refractivity contribution in [3.05, 3.63) is 58.9 Å². The number of anilines is 1. The quantitative estimate of drug-likeness (QED) is 0.891. The summed E-state index contributed by atoms with van der Waals surface area (Å²) in [7, 11) is 0. The zero-order chi connectivity index (χ0) is 13.0. The van der Waals surface area contributed by atoms with Crippen molar-refractivity contribution in [2.75, 3.05) is 5.32 Å². The van der Waals surface area contributed by atoms with Crippen LogP contribution in [-0.4, -0.2) is 4.98 Å². The van der Waals surface area contributed by atoms with Crippen molar-refractivity contribution < 1.29 is 0 Å². The van der Waals surface area contributed by atoms with E-state index in [1.807, 2.05) is 50.2 Å². The van der Waals surface area contributed by atoms with Crippen molar-refractivity contribution in [2.24, 2.45) is 0 Å². The van der Waals surface area contributed by atoms with E-state index in [1.54, 1.807) is 0 Å². The van der Waals surface area contributed by atoms with Gasteiger partial charge in [0.15, 0.2) is 0 Å². The van der Waals surface area contributed by atoms with E-state index in [4.69, 9.17) is 5.26 Å². The van der Waals surface area contributed by atoms with Gasteiger partial charge in [0.05, 0.1) is 23.9 Å². The van der Waals surface area contributed by atoms with E-state index in [9.17, 15) is 0 Å². The molecule has 0 bridgehead atoms. The molecule has 0 radical (unpaired) electrons. The van der Waals surface area contributed by atoms with Gasteiger partial charge in [0.25, 0.3) is 0 Å². The van der Waals surface area contributed by atoms with Gasteiger partial charge in [0.1, 0.15) is 0 Å². The van der Waals surface area contributed by atoms with Gasteiger partial charge in [-0.05, 0) is 43.7 Å². The maximum absolute atomic E-state index is 8.88. The van der Waals surface area contributed by atoms with Crippen molar-refractivity contribution in [1.82, 2.24) is 4.98 Å². The third kappa shape index (κ3) is 2.86. The molecular weight excluding hydrogens is 222 g/mol. The van der Waals surface area contributed by atoms with Gasteiger partial charge in [-0.1, -0.05) is 12.1 Å². The lowest BCUT2D eigenvalue weighted by Crippen LogP contribution is -2.03. The molecule has 0 saturated carbocycles. The van der Waals surface area contributed by atoms with Gasteiger partial charge in [-0.3, -0.25) is 4.98 Å². The molecule has 1 heterocycles. The molecule has 0 amide bonds. The Morgan fingerprint density at radius 2 is 2.06 bits per heavy atom. The van der Waals surface area contributed by atoms with E-state index in [0.29, 0.717) is 12.1 Å². The largest absolute Gasteiger partial charge is 0.379 e. The SMILES string of the molecule is Cc1cccc(CNc2cc(C#N)ccc2C)n1. The minimum atomic E-state index is 0.664. The first kappa shape index (κ1) is 12.1. The summed E-state index contributed by atoms with van der Waals surface area (Å²) in [6.07, 6.45) is 0. The highest BCUT2D eigenvalue weighted by molar-refractivity contribution is 5.55. The molecule has 0 aliphatic rings. The van der Waals surface area contributed by atoms with Crippen LogP contribution in [0.15, 0.2) is 36.4 Å². The monoisotopic (exact) mass is 237 g/mol. The van der Waals surface area contributed by atoms with Crippen LogP contribution >= 0.6 is 0 Å². The minimum Gasteiger partial charge on any atom is -0.379 e. The molecule has 3 heteroatoms. The number of nitrogens with one attached hydrogen (secondary N) is 1. The van der Waals surface area contributed by atoms with Crippen LogP contribution in [0.4, 0.5) is 5.69 Å². The fourth-order valence-electron chi connectivity index (χ4n) is 1.77. The Morgan fingerprint density at radius 1 is 1.22 bits per heavy atom. The first-order chi connectivity index (χ1) is 8.69. The molecule has 3 nitrogen and oxygen atoms in total. The Hall–Kier alpha value is -2.34. The zero-order valence-electron chi connectivity index (χ0n) is 10.6. The molecule has 0 spiro atoms. The molecule has 1 aromatic carbocycles. The van der Waals surface area contributed by atoms with Crippen molar-refractivity contribution in [3.63, 3.8) is 0 Å². The van der Waals surface area contributed by atoms with Crippen LogP contribution < -0.4 is 5.32 Å². The van der Waals surface area contributed by atoms with E-state index in [2.05, 4.69) is 16.4 Å². The molecule has 0 fully saturated rings. The normalized spacial score (nSPS) is 9.83. The smallest absolute Gasteiger partial charge is 0.0992 e. The Kier molecular flexibility index (Phi) is 3.59. The Bertz CT molecular complexity index is 597. The number of aryl methyl sites for hydroxylation is 2. The molecule has 0 unspecified atom stereocenters. The topological polar surface area (TPSA) is 48.7 Å². The molecular formula is C15H15N3. The summed E-state index contributed by atoms with van der Waals surface area (Å²) in [4.78, 5) is 4.43. The molecule has 1 N–H and O–H groups in total. The Morgan fingerprint density at radius 3 is 2.78 bits per heavy atom. The highest BCUT2D eigenvalue weighted by Crippen LogP contribution is 2.17. The number of hydrogen-bond donors (Lipinski definition) is 1. The van der Waals surface area contributed by atoms with Crippen molar-refractivity contribution in [2.45, 2.75) is 20.4 Å². The van der Waals surface area contributed by atoms with Crippen molar-refractivity contribution in [1.29, 1.82) is 5.26 Å². The number of rotatable bonds is 3. The van der Waals surface area contributed by atoms with E-state index in [0.717, 1.165) is 22.6 Å². The maximum Gasteiger partial charge on any atom is 0.0992 e. The fourth-order valence-corrected chi connectivity index (χ4v) is 1.77. The molecule has 0 atom stereocenters. The summed E-state index contributed by atoms with van der Waals surface area (Å²) in [5.41, 5.74) is 4.79. The van der Waals surface area contributed by atoms with E-state index in [1.165, 1.54) is 0 Å². The molecule has 18 heavy (non-hydrogen) atoms. The summed E-state index contributed by atoms with van der Waals surface area (Å²) in [6.45, 7) is 4.66. The molecule has 90 valence electrons. The number of benzene rings is 1. The summed E-state index contributed by atoms with van der Waals surface area (Å²) in [6, 6.07) is 13.8. The van der Waals surface area contributed by atoms with Gasteiger partial charge < -0.3 is 5.32 Å². The van der Waals surface area contributed by atoms with Gasteiger partial charge in [-0.25, -0.2) is 0 Å². The number of nitriles is 1. The predicted octanol–water partition coefficient (Wildman–Crippen LogP) is 3.18. The Balaban J connectivity index is 2.13. The molecule has 0 aliphatic heterocycles. The van der Waals surface area contributed by atoms with Crippen LogP contribution in [0.3, 0.4) is 0 Å². The lowest BCUT2D eigenvalue weighted by Gasteiger charge is -2.09. The Labute approximate surface area is 107 Å². The van der Waals surface area contributed by atoms with Gasteiger partial charge >= 0.3 is 0 Å². The summed E-state index contributed by atoms with van der Waals surface area (Å²) >= 11 is 0. The number of pyridine rings is 1. The predicted molar refractivity (Wildman–Crippen MR) is 72.2 cm³/mol. The third-order valence-corrected chi connectivity index (χ3v) is 2.77. The van der Waals surface area contributed by atoms with E-state index in [-0.39, 0.29) is 0 Å². The maximum atomic E-state index is 8.88. The zero-order valence-corrected chi connectivity index (χ0v) is 10.6. The number of nitrogens with zero attached hydrogens (tertiary/aromatic N) is 2. The summed E-state index contributed by atoms with van der Waals surface area (Å²) in [5, 5.41) is 12.2. The molecule has 2 rings (SSSR count). The first-order valence-corrected chi connectivity index (χ1v) is 5.86. The summed E-state index contributed by atoms with van der Waals surface area (Å²) in [5.74, 6) is 0. The van der Waals surface area contributed by atoms with Gasteiger partial charge in [-0.2, -0.15) is 5.26 Å². The van der Waals surface area contributed by atoms with Crippen molar-refractivity contribution in [3.8, 4) is 6.07 Å². The average molecular weight is 237 g/mol. The summed E-state index contributed by atoms with van der Waals surface area (Å²) < 4.78 is 0. The number of aromatic nitrogens is 1. The highest BCUT2D eigenvalue weighted by atomic mass is 14.9. The molecule has 0 aliphatic carbocycles. The average Bonchev–Trinajstić information content (AvgIpc) is 2.38. The van der Waals surface area contributed by atoms with Crippen LogP contribution in [0.25, 0.3) is 0 Å². The van der Waals surface area contributed by atoms with E-state index >= 15 is 0 Å². The van der Waals surface area contributed by atoms with Gasteiger partial charge in [-0.15, -0.1) is 0 Å².